The molecular weight excluding hydrogens is 188 g/mol. The van der Waals surface area contributed by atoms with E-state index in [9.17, 15) is 10.2 Å². The summed E-state index contributed by atoms with van der Waals surface area (Å²) in [4.78, 5) is 0. The molecule has 2 heteroatoms. The highest BCUT2D eigenvalue weighted by Crippen LogP contribution is 2.87. The van der Waals surface area contributed by atoms with Crippen molar-refractivity contribution >= 4 is 0 Å². The first-order valence-electron chi connectivity index (χ1n) is 6.54. The third kappa shape index (κ3) is 0.794. The van der Waals surface area contributed by atoms with E-state index in [4.69, 9.17) is 0 Å². The van der Waals surface area contributed by atoms with Crippen molar-refractivity contribution < 1.29 is 10.2 Å². The lowest BCUT2D eigenvalue weighted by Crippen LogP contribution is -2.34. The molecule has 15 heavy (non-hydrogen) atoms. The minimum atomic E-state index is 0.403. The SMILES string of the molecule is OCC1CCC2CC(CO)C3C4C1CC234. The molecule has 4 fully saturated rings. The van der Waals surface area contributed by atoms with Crippen LogP contribution in [0.1, 0.15) is 25.7 Å². The maximum absolute atomic E-state index is 9.42. The average Bonchev–Trinajstić information content (AvgIpc) is 2.70. The molecule has 4 saturated carbocycles. The Balaban J connectivity index is 1.66. The first-order valence-corrected chi connectivity index (χ1v) is 6.54. The highest BCUT2D eigenvalue weighted by Gasteiger charge is 2.82. The van der Waals surface area contributed by atoms with Crippen molar-refractivity contribution in [1.29, 1.82) is 0 Å². The van der Waals surface area contributed by atoms with E-state index < -0.39 is 0 Å². The van der Waals surface area contributed by atoms with Crippen molar-refractivity contribution in [3.05, 3.63) is 0 Å². The van der Waals surface area contributed by atoms with E-state index in [2.05, 4.69) is 0 Å². The van der Waals surface area contributed by atoms with Crippen molar-refractivity contribution in [3.8, 4) is 0 Å². The summed E-state index contributed by atoms with van der Waals surface area (Å²) in [6, 6.07) is 0. The largest absolute Gasteiger partial charge is 0.396 e. The summed E-state index contributed by atoms with van der Waals surface area (Å²) >= 11 is 0. The molecule has 4 aliphatic carbocycles. The molecule has 1 spiro atoms. The van der Waals surface area contributed by atoms with Gasteiger partial charge in [0.05, 0.1) is 0 Å². The minimum absolute atomic E-state index is 0.403. The molecule has 0 aromatic rings. The highest BCUT2D eigenvalue weighted by molar-refractivity contribution is 5.30. The molecular formula is C13H20O2. The molecule has 2 bridgehead atoms. The zero-order valence-corrected chi connectivity index (χ0v) is 9.10. The van der Waals surface area contributed by atoms with Crippen molar-refractivity contribution in [3.63, 3.8) is 0 Å². The average molecular weight is 208 g/mol. The lowest BCUT2D eigenvalue weighted by Gasteiger charge is -2.38. The lowest BCUT2D eigenvalue weighted by molar-refractivity contribution is 0.0652. The fourth-order valence-electron chi connectivity index (χ4n) is 5.90. The molecule has 0 amide bonds. The van der Waals surface area contributed by atoms with Gasteiger partial charge in [-0.3, -0.25) is 0 Å². The van der Waals surface area contributed by atoms with Crippen LogP contribution >= 0.6 is 0 Å². The van der Waals surface area contributed by atoms with Gasteiger partial charge in [-0.15, -0.1) is 0 Å². The molecule has 2 N–H and O–H groups in total. The number of aliphatic hydroxyl groups excluding tert-OH is 2. The van der Waals surface area contributed by atoms with Crippen LogP contribution in [0.5, 0.6) is 0 Å². The smallest absolute Gasteiger partial charge is 0.0462 e. The maximum atomic E-state index is 9.42. The van der Waals surface area contributed by atoms with Crippen LogP contribution in [0.2, 0.25) is 0 Å². The summed E-state index contributed by atoms with van der Waals surface area (Å²) in [6.07, 6.45) is 5.23. The van der Waals surface area contributed by atoms with E-state index >= 15 is 0 Å². The fraction of sp³-hybridized carbons (Fsp3) is 1.00. The second-order valence-corrected chi connectivity index (χ2v) is 6.43. The van der Waals surface area contributed by atoms with Crippen LogP contribution in [0.25, 0.3) is 0 Å². The molecule has 0 saturated heterocycles. The van der Waals surface area contributed by atoms with Crippen LogP contribution in [-0.4, -0.2) is 23.4 Å². The van der Waals surface area contributed by atoms with Gasteiger partial charge >= 0.3 is 0 Å². The van der Waals surface area contributed by atoms with Crippen LogP contribution < -0.4 is 0 Å². The van der Waals surface area contributed by atoms with Crippen LogP contribution in [0, 0.1) is 40.9 Å². The van der Waals surface area contributed by atoms with Crippen molar-refractivity contribution in [2.24, 2.45) is 40.9 Å². The predicted molar refractivity (Wildman–Crippen MR) is 56.0 cm³/mol. The van der Waals surface area contributed by atoms with Gasteiger partial charge in [0.25, 0.3) is 0 Å². The van der Waals surface area contributed by atoms with Gasteiger partial charge in [0.2, 0.25) is 0 Å². The molecule has 7 atom stereocenters. The molecule has 0 aromatic carbocycles. The molecule has 0 heterocycles. The Labute approximate surface area is 90.7 Å². The number of hydrogen-bond donors (Lipinski definition) is 2. The van der Waals surface area contributed by atoms with E-state index in [0.29, 0.717) is 30.5 Å². The van der Waals surface area contributed by atoms with E-state index in [-0.39, 0.29) is 0 Å². The van der Waals surface area contributed by atoms with Gasteiger partial charge in [0.15, 0.2) is 0 Å². The number of hydrogen-bond acceptors (Lipinski definition) is 2. The highest BCUT2D eigenvalue weighted by atomic mass is 16.3. The van der Waals surface area contributed by atoms with Crippen LogP contribution in [0.3, 0.4) is 0 Å². The second-order valence-electron chi connectivity index (χ2n) is 6.43. The van der Waals surface area contributed by atoms with Crippen molar-refractivity contribution in [1.82, 2.24) is 0 Å². The second kappa shape index (κ2) is 2.60. The normalized spacial score (nSPS) is 64.4. The van der Waals surface area contributed by atoms with Gasteiger partial charge in [-0.1, -0.05) is 0 Å². The van der Waals surface area contributed by atoms with Gasteiger partial charge in [0.1, 0.15) is 0 Å². The standard InChI is InChI=1S/C13H20O2/c14-5-7-1-2-9-3-8(6-15)11-12-10(7)4-13(9,11)12/h7-12,14-15H,1-6H2. The van der Waals surface area contributed by atoms with Crippen LogP contribution in [0.15, 0.2) is 0 Å². The molecule has 0 aromatic heterocycles. The summed E-state index contributed by atoms with van der Waals surface area (Å²) < 4.78 is 0. The maximum Gasteiger partial charge on any atom is 0.0462 e. The third-order valence-electron chi connectivity index (χ3n) is 6.39. The van der Waals surface area contributed by atoms with Crippen molar-refractivity contribution in [2.45, 2.75) is 25.7 Å². The van der Waals surface area contributed by atoms with Gasteiger partial charge in [0, 0.05) is 13.2 Å². The first-order chi connectivity index (χ1) is 7.32. The summed E-state index contributed by atoms with van der Waals surface area (Å²) in [5.74, 6) is 4.69. The fourth-order valence-corrected chi connectivity index (χ4v) is 5.90. The minimum Gasteiger partial charge on any atom is -0.396 e. The number of aliphatic hydroxyl groups is 2. The zero-order valence-electron chi connectivity index (χ0n) is 9.10. The molecule has 2 nitrogen and oxygen atoms in total. The van der Waals surface area contributed by atoms with E-state index in [0.717, 1.165) is 23.7 Å². The quantitative estimate of drug-likeness (QED) is 0.717. The summed E-state index contributed by atoms with van der Waals surface area (Å²) in [5, 5.41) is 18.8. The Morgan fingerprint density at radius 3 is 2.53 bits per heavy atom. The Bertz CT molecular complexity index is 297. The Morgan fingerprint density at radius 1 is 1.00 bits per heavy atom. The first kappa shape index (κ1) is 9.00. The summed E-state index contributed by atoms with van der Waals surface area (Å²) in [6.45, 7) is 0.816. The Hall–Kier alpha value is -0.0800. The lowest BCUT2D eigenvalue weighted by atomic mass is 9.66. The van der Waals surface area contributed by atoms with E-state index in [1.54, 1.807) is 0 Å². The molecule has 0 radical (unpaired) electrons. The Kier molecular flexibility index (Phi) is 1.56. The molecule has 84 valence electrons. The predicted octanol–water partition coefficient (Wildman–Crippen LogP) is 1.27. The van der Waals surface area contributed by atoms with Crippen LogP contribution in [0.4, 0.5) is 0 Å². The van der Waals surface area contributed by atoms with Gasteiger partial charge < -0.3 is 10.2 Å². The van der Waals surface area contributed by atoms with Gasteiger partial charge in [-0.05, 0) is 66.6 Å². The third-order valence-corrected chi connectivity index (χ3v) is 6.39. The van der Waals surface area contributed by atoms with Crippen molar-refractivity contribution in [2.75, 3.05) is 13.2 Å². The molecule has 0 aliphatic heterocycles. The Morgan fingerprint density at radius 2 is 1.80 bits per heavy atom. The molecule has 7 unspecified atom stereocenters. The zero-order chi connectivity index (χ0) is 10.2. The topological polar surface area (TPSA) is 40.5 Å². The van der Waals surface area contributed by atoms with E-state index in [1.165, 1.54) is 25.7 Å². The number of rotatable bonds is 2. The van der Waals surface area contributed by atoms with E-state index in [1.807, 2.05) is 0 Å². The summed E-state index contributed by atoms with van der Waals surface area (Å²) in [5.41, 5.74) is 0.683. The van der Waals surface area contributed by atoms with Gasteiger partial charge in [-0.25, -0.2) is 0 Å². The molecule has 4 aliphatic rings. The van der Waals surface area contributed by atoms with Gasteiger partial charge in [-0.2, -0.15) is 0 Å². The monoisotopic (exact) mass is 208 g/mol. The van der Waals surface area contributed by atoms with Crippen LogP contribution in [-0.2, 0) is 0 Å². The summed E-state index contributed by atoms with van der Waals surface area (Å²) in [7, 11) is 0. The molecule has 4 rings (SSSR count).